The Kier molecular flexibility index (Phi) is 5.11. The van der Waals surface area contributed by atoms with Crippen molar-refractivity contribution in [1.82, 2.24) is 10.2 Å². The molecule has 1 aromatic heterocycles. The predicted octanol–water partition coefficient (Wildman–Crippen LogP) is 3.10. The average Bonchev–Trinajstić information content (AvgIpc) is 2.64. The number of rotatable bonds is 5. The molecular formula is C18H13F2N3O4. The number of halogens is 2. The number of carbonyl (C=O) groups excluding carboxylic acids is 1. The highest BCUT2D eigenvalue weighted by molar-refractivity contribution is 6.06. The fourth-order valence-electron chi connectivity index (χ4n) is 2.26. The molecule has 27 heavy (non-hydrogen) atoms. The Morgan fingerprint density at radius 3 is 2.44 bits per heavy atom. The molecule has 2 N–H and O–H groups in total. The van der Waals surface area contributed by atoms with Crippen molar-refractivity contribution >= 4 is 11.6 Å². The summed E-state index contributed by atoms with van der Waals surface area (Å²) in [4.78, 5) is 23.8. The molecular weight excluding hydrogens is 360 g/mol. The van der Waals surface area contributed by atoms with E-state index >= 15 is 0 Å². The number of benzene rings is 2. The lowest BCUT2D eigenvalue weighted by Gasteiger charge is -2.14. The summed E-state index contributed by atoms with van der Waals surface area (Å²) in [5.41, 5.74) is -0.528. The molecule has 3 aromatic rings. The minimum Gasteiger partial charge on any atom is -0.493 e. The SMILES string of the molecule is COc1cc(F)ccc1Oc1ccc(F)cc1C(=O)Nc1cn[nH]c(=O)c1. The number of methoxy groups -OCH3 is 1. The van der Waals surface area contributed by atoms with E-state index in [1.807, 2.05) is 0 Å². The van der Waals surface area contributed by atoms with E-state index in [2.05, 4.69) is 15.5 Å². The van der Waals surface area contributed by atoms with Gasteiger partial charge >= 0.3 is 0 Å². The lowest BCUT2D eigenvalue weighted by atomic mass is 10.1. The van der Waals surface area contributed by atoms with E-state index in [4.69, 9.17) is 9.47 Å². The summed E-state index contributed by atoms with van der Waals surface area (Å²) in [6, 6.07) is 8.04. The molecule has 1 amide bonds. The van der Waals surface area contributed by atoms with Crippen molar-refractivity contribution in [3.05, 3.63) is 76.2 Å². The molecule has 0 saturated carbocycles. The van der Waals surface area contributed by atoms with Crippen LogP contribution in [0.3, 0.4) is 0 Å². The number of aromatic nitrogens is 2. The zero-order chi connectivity index (χ0) is 19.4. The van der Waals surface area contributed by atoms with Gasteiger partial charge in [-0.2, -0.15) is 5.10 Å². The Labute approximate surface area is 151 Å². The number of hydrogen-bond donors (Lipinski definition) is 2. The Morgan fingerprint density at radius 2 is 1.74 bits per heavy atom. The fourth-order valence-corrected chi connectivity index (χ4v) is 2.26. The number of H-pyrrole nitrogens is 1. The molecule has 0 unspecified atom stereocenters. The maximum Gasteiger partial charge on any atom is 0.266 e. The minimum absolute atomic E-state index is 0.0107. The molecule has 9 heteroatoms. The maximum atomic E-state index is 13.7. The Morgan fingerprint density at radius 1 is 1.04 bits per heavy atom. The van der Waals surface area contributed by atoms with Crippen LogP contribution >= 0.6 is 0 Å². The number of anilines is 1. The van der Waals surface area contributed by atoms with Crippen LogP contribution in [0.4, 0.5) is 14.5 Å². The molecule has 0 aliphatic heterocycles. The van der Waals surface area contributed by atoms with Crippen LogP contribution in [0.5, 0.6) is 17.2 Å². The number of carbonyl (C=O) groups is 1. The molecule has 0 radical (unpaired) electrons. The zero-order valence-electron chi connectivity index (χ0n) is 14.0. The fraction of sp³-hybridized carbons (Fsp3) is 0.0556. The van der Waals surface area contributed by atoms with Crippen LogP contribution in [0.15, 0.2) is 53.5 Å². The Balaban J connectivity index is 1.93. The lowest BCUT2D eigenvalue weighted by molar-refractivity contribution is 0.102. The second kappa shape index (κ2) is 7.65. The van der Waals surface area contributed by atoms with Crippen LogP contribution in [0.25, 0.3) is 0 Å². The standard InChI is InChI=1S/C18H13F2N3O4/c1-26-16-7-11(20)3-5-15(16)27-14-4-2-10(19)6-13(14)18(25)22-12-8-17(24)23-21-9-12/h2-9H,1H3,(H2,22,23,24,25). The van der Waals surface area contributed by atoms with Gasteiger partial charge in [-0.1, -0.05) is 0 Å². The second-order valence-electron chi connectivity index (χ2n) is 5.33. The van der Waals surface area contributed by atoms with Crippen molar-refractivity contribution < 1.29 is 23.0 Å². The van der Waals surface area contributed by atoms with Crippen molar-refractivity contribution in [2.45, 2.75) is 0 Å². The highest BCUT2D eigenvalue weighted by Crippen LogP contribution is 2.34. The van der Waals surface area contributed by atoms with E-state index in [0.29, 0.717) is 0 Å². The summed E-state index contributed by atoms with van der Waals surface area (Å²) in [6.45, 7) is 0. The summed E-state index contributed by atoms with van der Waals surface area (Å²) in [6.07, 6.45) is 1.22. The molecule has 0 aliphatic rings. The molecule has 0 fully saturated rings. The highest BCUT2D eigenvalue weighted by Gasteiger charge is 2.17. The molecule has 3 rings (SSSR count). The third-order valence-corrected chi connectivity index (χ3v) is 3.45. The molecule has 0 bridgehead atoms. The number of hydrogen-bond acceptors (Lipinski definition) is 5. The van der Waals surface area contributed by atoms with E-state index in [-0.39, 0.29) is 28.5 Å². The van der Waals surface area contributed by atoms with Crippen LogP contribution in [0.2, 0.25) is 0 Å². The van der Waals surface area contributed by atoms with Gasteiger partial charge in [0.2, 0.25) is 0 Å². The van der Waals surface area contributed by atoms with Gasteiger partial charge in [-0.05, 0) is 30.3 Å². The maximum absolute atomic E-state index is 13.7. The van der Waals surface area contributed by atoms with Gasteiger partial charge in [-0.3, -0.25) is 9.59 Å². The van der Waals surface area contributed by atoms with E-state index in [0.717, 1.165) is 30.3 Å². The molecule has 0 atom stereocenters. The van der Waals surface area contributed by atoms with Crippen LogP contribution in [0, 0.1) is 11.6 Å². The van der Waals surface area contributed by atoms with E-state index in [1.165, 1.54) is 25.4 Å². The van der Waals surface area contributed by atoms with E-state index in [9.17, 15) is 18.4 Å². The monoisotopic (exact) mass is 373 g/mol. The molecule has 0 spiro atoms. The number of amides is 1. The first-order valence-electron chi connectivity index (χ1n) is 7.63. The van der Waals surface area contributed by atoms with Crippen LogP contribution < -0.4 is 20.3 Å². The van der Waals surface area contributed by atoms with Crippen molar-refractivity contribution in [3.63, 3.8) is 0 Å². The number of aromatic amines is 1. The van der Waals surface area contributed by atoms with Gasteiger partial charge in [0.05, 0.1) is 24.6 Å². The minimum atomic E-state index is -0.724. The second-order valence-corrected chi connectivity index (χ2v) is 5.33. The van der Waals surface area contributed by atoms with Crippen molar-refractivity contribution in [2.75, 3.05) is 12.4 Å². The summed E-state index contributed by atoms with van der Waals surface area (Å²) in [7, 11) is 1.33. The van der Waals surface area contributed by atoms with Gasteiger partial charge < -0.3 is 14.8 Å². The first-order chi connectivity index (χ1) is 13.0. The largest absolute Gasteiger partial charge is 0.493 e. The first-order valence-corrected chi connectivity index (χ1v) is 7.63. The zero-order valence-corrected chi connectivity index (χ0v) is 14.0. The number of ether oxygens (including phenoxy) is 2. The number of nitrogens with one attached hydrogen (secondary N) is 2. The average molecular weight is 373 g/mol. The normalized spacial score (nSPS) is 10.3. The summed E-state index contributed by atoms with van der Waals surface area (Å²) >= 11 is 0. The van der Waals surface area contributed by atoms with Gasteiger partial charge in [0, 0.05) is 12.1 Å². The van der Waals surface area contributed by atoms with Gasteiger partial charge in [-0.15, -0.1) is 0 Å². The van der Waals surface area contributed by atoms with E-state index < -0.39 is 23.1 Å². The van der Waals surface area contributed by atoms with E-state index in [1.54, 1.807) is 0 Å². The van der Waals surface area contributed by atoms with Crippen LogP contribution in [-0.4, -0.2) is 23.2 Å². The molecule has 0 aliphatic carbocycles. The Hall–Kier alpha value is -3.75. The summed E-state index contributed by atoms with van der Waals surface area (Å²) in [5, 5.41) is 8.16. The predicted molar refractivity (Wildman–Crippen MR) is 92.2 cm³/mol. The van der Waals surface area contributed by atoms with Gasteiger partial charge in [0.15, 0.2) is 11.5 Å². The van der Waals surface area contributed by atoms with Gasteiger partial charge in [-0.25, -0.2) is 13.9 Å². The van der Waals surface area contributed by atoms with Crippen molar-refractivity contribution in [1.29, 1.82) is 0 Å². The quantitative estimate of drug-likeness (QED) is 0.717. The molecule has 2 aromatic carbocycles. The smallest absolute Gasteiger partial charge is 0.266 e. The van der Waals surface area contributed by atoms with Crippen molar-refractivity contribution in [3.8, 4) is 17.2 Å². The lowest BCUT2D eigenvalue weighted by Crippen LogP contribution is -2.16. The summed E-state index contributed by atoms with van der Waals surface area (Å²) in [5.74, 6) is -1.67. The van der Waals surface area contributed by atoms with Crippen molar-refractivity contribution in [2.24, 2.45) is 0 Å². The van der Waals surface area contributed by atoms with Crippen LogP contribution in [-0.2, 0) is 0 Å². The van der Waals surface area contributed by atoms with Crippen LogP contribution in [0.1, 0.15) is 10.4 Å². The summed E-state index contributed by atoms with van der Waals surface area (Å²) < 4.78 is 37.7. The molecule has 1 heterocycles. The topological polar surface area (TPSA) is 93.3 Å². The highest BCUT2D eigenvalue weighted by atomic mass is 19.1. The molecule has 0 saturated heterocycles. The third kappa shape index (κ3) is 4.27. The van der Waals surface area contributed by atoms with Gasteiger partial charge in [0.25, 0.3) is 11.5 Å². The molecule has 7 nitrogen and oxygen atoms in total. The third-order valence-electron chi connectivity index (χ3n) is 3.45. The number of nitrogens with zero attached hydrogens (tertiary/aromatic N) is 1. The first kappa shape index (κ1) is 18.1. The van der Waals surface area contributed by atoms with Gasteiger partial charge in [0.1, 0.15) is 17.4 Å². The Bertz CT molecular complexity index is 1050. The molecule has 138 valence electrons.